The zero-order chi connectivity index (χ0) is 26.4. The van der Waals surface area contributed by atoms with Gasteiger partial charge < -0.3 is 14.9 Å². The Morgan fingerprint density at radius 1 is 1.03 bits per heavy atom. The molecule has 2 N–H and O–H groups in total. The molecule has 0 bridgehead atoms. The van der Waals surface area contributed by atoms with Crippen LogP contribution in [0.1, 0.15) is 21.6 Å². The summed E-state index contributed by atoms with van der Waals surface area (Å²) in [4.78, 5) is 32.9. The van der Waals surface area contributed by atoms with E-state index in [0.717, 1.165) is 33.5 Å². The maximum atomic E-state index is 14.1. The molecule has 0 atom stereocenters. The molecule has 0 fully saturated rings. The Balaban J connectivity index is 1.37. The number of halogens is 3. The van der Waals surface area contributed by atoms with Crippen LogP contribution in [0.4, 0.5) is 18.9 Å². The Morgan fingerprint density at radius 3 is 2.68 bits per heavy atom. The maximum absolute atomic E-state index is 14.1. The molecule has 0 spiro atoms. The number of H-pyrrole nitrogens is 1. The molecule has 188 valence electrons. The van der Waals surface area contributed by atoms with Crippen LogP contribution >= 0.6 is 0 Å². The smallest absolute Gasteiger partial charge is 0.339 e. The summed E-state index contributed by atoms with van der Waals surface area (Å²) < 4.78 is 43.5. The molecule has 38 heavy (non-hydrogen) atoms. The molecule has 11 heteroatoms. The van der Waals surface area contributed by atoms with Crippen molar-refractivity contribution in [3.8, 4) is 16.8 Å². The molecule has 1 amide bonds. The first-order valence-electron chi connectivity index (χ1n) is 11.5. The van der Waals surface area contributed by atoms with Crippen molar-refractivity contribution >= 4 is 33.5 Å². The lowest BCUT2D eigenvalue weighted by molar-refractivity contribution is -0.137. The number of hydrogen-bond acceptors (Lipinski definition) is 5. The summed E-state index contributed by atoms with van der Waals surface area (Å²) in [6, 6.07) is 11.3. The van der Waals surface area contributed by atoms with Gasteiger partial charge in [0.2, 0.25) is 0 Å². The third-order valence-electron chi connectivity index (χ3n) is 6.28. The molecule has 0 saturated heterocycles. The van der Waals surface area contributed by atoms with E-state index in [1.807, 2.05) is 25.1 Å². The second-order valence-electron chi connectivity index (χ2n) is 8.65. The van der Waals surface area contributed by atoms with Crippen LogP contribution in [0.3, 0.4) is 0 Å². The summed E-state index contributed by atoms with van der Waals surface area (Å²) in [5, 5.41) is 4.43. The highest BCUT2D eigenvalue weighted by Crippen LogP contribution is 2.37. The lowest BCUT2D eigenvalue weighted by atomic mass is 10.0. The highest BCUT2D eigenvalue weighted by Gasteiger charge is 2.38. The highest BCUT2D eigenvalue weighted by atomic mass is 19.4. The fraction of sp³-hybridized carbons (Fsp3) is 0.0741. The number of imidazole rings is 1. The lowest BCUT2D eigenvalue weighted by Gasteiger charge is -2.18. The summed E-state index contributed by atoms with van der Waals surface area (Å²) in [5.74, 6) is -0.902. The summed E-state index contributed by atoms with van der Waals surface area (Å²) in [6.45, 7) is 1.82. The van der Waals surface area contributed by atoms with Crippen molar-refractivity contribution in [1.29, 1.82) is 0 Å². The van der Waals surface area contributed by atoms with Gasteiger partial charge in [0.05, 0.1) is 35.0 Å². The van der Waals surface area contributed by atoms with Crippen LogP contribution in [0.15, 0.2) is 79.9 Å². The molecule has 4 heterocycles. The number of anilines is 1. The van der Waals surface area contributed by atoms with E-state index < -0.39 is 23.2 Å². The Hall–Kier alpha value is -5.06. The molecule has 0 aliphatic carbocycles. The second-order valence-corrected chi connectivity index (χ2v) is 8.65. The van der Waals surface area contributed by atoms with Gasteiger partial charge in [0.1, 0.15) is 12.0 Å². The molecule has 0 aliphatic rings. The largest absolute Gasteiger partial charge is 0.419 e. The minimum Gasteiger partial charge on any atom is -0.339 e. The zero-order valence-electron chi connectivity index (χ0n) is 19.8. The molecule has 6 rings (SSSR count). The number of aromatic nitrogens is 6. The number of pyridine rings is 1. The molecule has 4 aromatic heterocycles. The van der Waals surface area contributed by atoms with E-state index in [0.29, 0.717) is 11.3 Å². The van der Waals surface area contributed by atoms with Crippen LogP contribution in [0.25, 0.3) is 38.8 Å². The number of rotatable bonds is 4. The van der Waals surface area contributed by atoms with Crippen LogP contribution in [-0.4, -0.2) is 35.4 Å². The second kappa shape index (κ2) is 8.80. The topological polar surface area (TPSA) is 101 Å². The molecule has 8 nitrogen and oxygen atoms in total. The van der Waals surface area contributed by atoms with Crippen molar-refractivity contribution in [2.24, 2.45) is 0 Å². The van der Waals surface area contributed by atoms with E-state index in [9.17, 15) is 18.0 Å². The van der Waals surface area contributed by atoms with E-state index in [1.54, 1.807) is 12.3 Å². The number of nitrogens with zero attached hydrogens (tertiary/aromatic N) is 5. The van der Waals surface area contributed by atoms with Gasteiger partial charge in [0.25, 0.3) is 5.91 Å². The fourth-order valence-corrected chi connectivity index (χ4v) is 4.54. The first kappa shape index (κ1) is 23.3. The quantitative estimate of drug-likeness (QED) is 0.304. The third kappa shape index (κ3) is 4.03. The molecular formula is C27H18F3N7O. The molecule has 6 aromatic rings. The highest BCUT2D eigenvalue weighted by molar-refractivity contribution is 6.07. The summed E-state index contributed by atoms with van der Waals surface area (Å²) >= 11 is 0. The Kier molecular flexibility index (Phi) is 5.41. The molecule has 0 aliphatic heterocycles. The van der Waals surface area contributed by atoms with Crippen LogP contribution in [-0.2, 0) is 6.18 Å². The van der Waals surface area contributed by atoms with Crippen molar-refractivity contribution in [3.63, 3.8) is 0 Å². The lowest BCUT2D eigenvalue weighted by Crippen LogP contribution is -2.21. The number of amides is 1. The van der Waals surface area contributed by atoms with Crippen molar-refractivity contribution in [3.05, 3.63) is 96.7 Å². The minimum absolute atomic E-state index is 0.193. The summed E-state index contributed by atoms with van der Waals surface area (Å²) in [5.41, 5.74) is 2.29. The molecule has 0 radical (unpaired) electrons. The number of nitrogens with one attached hydrogen (secondary N) is 2. The average Bonchev–Trinajstić information content (AvgIpc) is 3.56. The van der Waals surface area contributed by atoms with Gasteiger partial charge in [-0.25, -0.2) is 15.0 Å². The normalized spacial score (nSPS) is 11.8. The van der Waals surface area contributed by atoms with Crippen molar-refractivity contribution < 1.29 is 18.0 Å². The van der Waals surface area contributed by atoms with E-state index in [2.05, 4.69) is 30.2 Å². The Labute approximate surface area is 213 Å². The van der Waals surface area contributed by atoms with E-state index in [-0.39, 0.29) is 11.4 Å². The first-order chi connectivity index (χ1) is 18.3. The summed E-state index contributed by atoms with van der Waals surface area (Å²) in [7, 11) is 0. The third-order valence-corrected chi connectivity index (χ3v) is 6.28. The average molecular weight is 513 g/mol. The van der Waals surface area contributed by atoms with Gasteiger partial charge in [-0.3, -0.25) is 9.78 Å². The van der Waals surface area contributed by atoms with Gasteiger partial charge in [-0.1, -0.05) is 18.2 Å². The number of carbonyl (C=O) groups excluding carboxylic acids is 1. The van der Waals surface area contributed by atoms with Crippen LogP contribution in [0.5, 0.6) is 0 Å². The number of fused-ring (bicyclic) bond motifs is 3. The number of carbonyl (C=O) groups is 1. The van der Waals surface area contributed by atoms with Gasteiger partial charge in [0, 0.05) is 46.1 Å². The monoisotopic (exact) mass is 513 g/mol. The SMILES string of the molecule is Cc1ncc(NC(=O)c2cccc(-n3ccnc3)c2C(F)(F)F)cc1-c1ccc2c(c1)[nH]c1ncncc12. The fourth-order valence-electron chi connectivity index (χ4n) is 4.54. The predicted molar refractivity (Wildman–Crippen MR) is 136 cm³/mol. The zero-order valence-corrected chi connectivity index (χ0v) is 19.8. The number of hydrogen-bond donors (Lipinski definition) is 2. The first-order valence-corrected chi connectivity index (χ1v) is 11.5. The predicted octanol–water partition coefficient (Wildman–Crippen LogP) is 5.94. The van der Waals surface area contributed by atoms with Gasteiger partial charge in [0.15, 0.2) is 0 Å². The van der Waals surface area contributed by atoms with Gasteiger partial charge in [-0.05, 0) is 36.8 Å². The molecule has 2 aromatic carbocycles. The van der Waals surface area contributed by atoms with E-state index in [4.69, 9.17) is 0 Å². The van der Waals surface area contributed by atoms with E-state index >= 15 is 0 Å². The number of aryl methyl sites for hydroxylation is 1. The van der Waals surface area contributed by atoms with Crippen molar-refractivity contribution in [1.82, 2.24) is 29.5 Å². The number of benzene rings is 2. The standard InChI is InChI=1S/C27H18F3N7O/c1-15-20(16-5-6-18-21-12-32-13-34-25(21)36-22(18)9-16)10-17(11-33-15)35-26(38)19-3-2-4-23(24(19)27(28,29)30)37-8-7-31-14-37/h2-14H,1H3,(H,35,38)(H,32,34,36). The van der Waals surface area contributed by atoms with Crippen molar-refractivity contribution in [2.75, 3.05) is 5.32 Å². The van der Waals surface area contributed by atoms with Crippen LogP contribution in [0.2, 0.25) is 0 Å². The van der Waals surface area contributed by atoms with Crippen LogP contribution < -0.4 is 5.32 Å². The summed E-state index contributed by atoms with van der Waals surface area (Å²) in [6.07, 6.45) is 3.85. The van der Waals surface area contributed by atoms with Crippen LogP contribution in [0, 0.1) is 6.92 Å². The molecule has 0 saturated carbocycles. The van der Waals surface area contributed by atoms with E-state index in [1.165, 1.54) is 47.9 Å². The molecule has 0 unspecified atom stereocenters. The maximum Gasteiger partial charge on any atom is 0.419 e. The van der Waals surface area contributed by atoms with Gasteiger partial charge in [-0.2, -0.15) is 13.2 Å². The number of aromatic amines is 1. The van der Waals surface area contributed by atoms with Gasteiger partial charge >= 0.3 is 6.18 Å². The minimum atomic E-state index is -4.77. The Morgan fingerprint density at radius 2 is 1.89 bits per heavy atom. The Bertz CT molecular complexity index is 1820. The molecular weight excluding hydrogens is 495 g/mol. The van der Waals surface area contributed by atoms with Gasteiger partial charge in [-0.15, -0.1) is 0 Å². The van der Waals surface area contributed by atoms with Crippen molar-refractivity contribution in [2.45, 2.75) is 13.1 Å². The number of alkyl halides is 3.